The van der Waals surface area contributed by atoms with Gasteiger partial charge in [0.1, 0.15) is 5.75 Å². The minimum absolute atomic E-state index is 0.207. The van der Waals surface area contributed by atoms with Crippen LogP contribution in [0.3, 0.4) is 0 Å². The SMILES string of the molecule is C[N+](C)(C)CCc1cc(O)ccc1[N+]#N. The maximum absolute atomic E-state index is 9.33. The molecule has 0 saturated heterocycles. The smallest absolute Gasteiger partial charge is 0.388 e. The molecule has 1 aromatic carbocycles. The fraction of sp³-hybridized carbons (Fsp3) is 0.455. The number of phenolic OH excluding ortho intramolecular Hbond substituents is 1. The van der Waals surface area contributed by atoms with E-state index in [1.54, 1.807) is 12.1 Å². The number of benzene rings is 1. The van der Waals surface area contributed by atoms with Gasteiger partial charge in [0.15, 0.2) is 4.98 Å². The lowest BCUT2D eigenvalue weighted by Crippen LogP contribution is -2.36. The van der Waals surface area contributed by atoms with Gasteiger partial charge < -0.3 is 9.59 Å². The number of phenols is 1. The van der Waals surface area contributed by atoms with E-state index in [1.165, 1.54) is 6.07 Å². The van der Waals surface area contributed by atoms with Crippen LogP contribution in [0, 0.1) is 5.39 Å². The zero-order valence-corrected chi connectivity index (χ0v) is 9.44. The molecule has 0 amide bonds. The first-order valence-electron chi connectivity index (χ1n) is 4.90. The van der Waals surface area contributed by atoms with Gasteiger partial charge in [-0.05, 0) is 12.1 Å². The molecule has 0 aliphatic rings. The monoisotopic (exact) mass is 207 g/mol. The molecular weight excluding hydrogens is 190 g/mol. The van der Waals surface area contributed by atoms with Crippen LogP contribution in [0.25, 0.3) is 4.98 Å². The van der Waals surface area contributed by atoms with Crippen LogP contribution >= 0.6 is 0 Å². The number of diazo groups is 1. The number of aromatic hydroxyl groups is 1. The van der Waals surface area contributed by atoms with E-state index in [1.807, 2.05) is 0 Å². The Kier molecular flexibility index (Phi) is 3.28. The molecule has 0 fully saturated rings. The third kappa shape index (κ3) is 3.56. The Hall–Kier alpha value is -1.60. The highest BCUT2D eigenvalue weighted by atomic mass is 16.3. The summed E-state index contributed by atoms with van der Waals surface area (Å²) in [7, 11) is 6.29. The van der Waals surface area contributed by atoms with Crippen molar-refractivity contribution in [3.05, 3.63) is 28.7 Å². The predicted octanol–water partition coefficient (Wildman–Crippen LogP) is 2.13. The normalized spacial score (nSPS) is 11.1. The van der Waals surface area contributed by atoms with Crippen molar-refractivity contribution in [2.45, 2.75) is 6.42 Å². The molecule has 0 unspecified atom stereocenters. The summed E-state index contributed by atoms with van der Waals surface area (Å²) in [5.74, 6) is 0.207. The van der Waals surface area contributed by atoms with Crippen LogP contribution in [0.2, 0.25) is 0 Å². The predicted molar refractivity (Wildman–Crippen MR) is 59.5 cm³/mol. The number of hydrogen-bond acceptors (Lipinski definition) is 2. The van der Waals surface area contributed by atoms with Gasteiger partial charge in [0.2, 0.25) is 5.39 Å². The maximum Gasteiger partial charge on any atom is 0.388 e. The third-order valence-electron chi connectivity index (χ3n) is 2.22. The lowest BCUT2D eigenvalue weighted by molar-refractivity contribution is -0.870. The average Bonchev–Trinajstić information content (AvgIpc) is 2.14. The van der Waals surface area contributed by atoms with Crippen molar-refractivity contribution in [2.24, 2.45) is 0 Å². The zero-order valence-electron chi connectivity index (χ0n) is 9.44. The lowest BCUT2D eigenvalue weighted by atomic mass is 10.1. The molecule has 0 aliphatic heterocycles. The van der Waals surface area contributed by atoms with Crippen molar-refractivity contribution in [3.63, 3.8) is 0 Å². The molecule has 0 bridgehead atoms. The summed E-state index contributed by atoms with van der Waals surface area (Å²) in [4.78, 5) is 3.19. The standard InChI is InChI=1S/C11H16N3O/c1-14(2,3)7-6-9-8-10(15)4-5-11(9)13-12/h4-5,8H,6-7H2,1-3H3/q+1/p+1. The van der Waals surface area contributed by atoms with Crippen molar-refractivity contribution in [1.82, 2.24) is 0 Å². The summed E-state index contributed by atoms with van der Waals surface area (Å²) in [6.45, 7) is 0.923. The van der Waals surface area contributed by atoms with E-state index in [-0.39, 0.29) is 5.75 Å². The van der Waals surface area contributed by atoms with Crippen LogP contribution in [-0.2, 0) is 6.42 Å². The highest BCUT2D eigenvalue weighted by molar-refractivity contribution is 5.54. The van der Waals surface area contributed by atoms with Crippen molar-refractivity contribution < 1.29 is 9.59 Å². The summed E-state index contributed by atoms with van der Waals surface area (Å²) in [6.07, 6.45) is 0.775. The Morgan fingerprint density at radius 3 is 2.53 bits per heavy atom. The molecule has 0 spiro atoms. The molecule has 1 N–H and O–H groups in total. The number of quaternary nitrogens is 1. The highest BCUT2D eigenvalue weighted by Gasteiger charge is 2.17. The minimum atomic E-state index is 0.207. The van der Waals surface area contributed by atoms with E-state index in [4.69, 9.17) is 5.39 Å². The first kappa shape index (κ1) is 11.5. The first-order chi connectivity index (χ1) is 6.92. The van der Waals surface area contributed by atoms with Crippen LogP contribution in [0.5, 0.6) is 5.75 Å². The maximum atomic E-state index is 9.33. The van der Waals surface area contributed by atoms with Crippen molar-refractivity contribution in [2.75, 3.05) is 27.7 Å². The molecular formula is C11H17N3O+2. The molecule has 0 aliphatic carbocycles. The summed E-state index contributed by atoms with van der Waals surface area (Å²) in [6, 6.07) is 4.77. The molecule has 0 heterocycles. The second kappa shape index (κ2) is 4.28. The van der Waals surface area contributed by atoms with Gasteiger partial charge in [-0.25, -0.2) is 0 Å². The summed E-state index contributed by atoms with van der Waals surface area (Å²) in [5.41, 5.74) is 1.40. The molecule has 1 rings (SSSR count). The molecule has 0 radical (unpaired) electrons. The van der Waals surface area contributed by atoms with E-state index < -0.39 is 0 Å². The van der Waals surface area contributed by atoms with E-state index in [0.717, 1.165) is 23.0 Å². The minimum Gasteiger partial charge on any atom is -0.508 e. The second-order valence-corrected chi connectivity index (χ2v) is 4.68. The van der Waals surface area contributed by atoms with Gasteiger partial charge in [-0.1, -0.05) is 0 Å². The zero-order chi connectivity index (χ0) is 11.5. The summed E-state index contributed by atoms with van der Waals surface area (Å²) >= 11 is 0. The van der Waals surface area contributed by atoms with Crippen molar-refractivity contribution >= 4 is 5.69 Å². The van der Waals surface area contributed by atoms with Crippen LogP contribution in [0.1, 0.15) is 5.56 Å². The van der Waals surface area contributed by atoms with E-state index in [2.05, 4.69) is 26.1 Å². The third-order valence-corrected chi connectivity index (χ3v) is 2.22. The fourth-order valence-corrected chi connectivity index (χ4v) is 1.33. The molecule has 80 valence electrons. The molecule has 1 aromatic rings. The van der Waals surface area contributed by atoms with E-state index in [0.29, 0.717) is 5.69 Å². The Bertz CT molecular complexity index is 388. The van der Waals surface area contributed by atoms with Gasteiger partial charge >= 0.3 is 5.69 Å². The van der Waals surface area contributed by atoms with Crippen LogP contribution in [0.4, 0.5) is 5.69 Å². The average molecular weight is 207 g/mol. The Morgan fingerprint density at radius 1 is 1.33 bits per heavy atom. The van der Waals surface area contributed by atoms with Gasteiger partial charge in [0.25, 0.3) is 0 Å². The quantitative estimate of drug-likeness (QED) is 0.609. The molecule has 4 nitrogen and oxygen atoms in total. The van der Waals surface area contributed by atoms with Crippen LogP contribution < -0.4 is 0 Å². The number of likely N-dealkylation sites (N-methyl/N-ethyl adjacent to an activating group) is 1. The lowest BCUT2D eigenvalue weighted by Gasteiger charge is -2.23. The van der Waals surface area contributed by atoms with E-state index in [9.17, 15) is 5.11 Å². The van der Waals surface area contributed by atoms with Crippen LogP contribution in [0.15, 0.2) is 18.2 Å². The Morgan fingerprint density at radius 2 is 2.00 bits per heavy atom. The summed E-state index contributed by atoms with van der Waals surface area (Å²) < 4.78 is 0.834. The van der Waals surface area contributed by atoms with Gasteiger partial charge in [-0.15, -0.1) is 0 Å². The van der Waals surface area contributed by atoms with E-state index >= 15 is 0 Å². The fourth-order valence-electron chi connectivity index (χ4n) is 1.33. The molecule has 15 heavy (non-hydrogen) atoms. The van der Waals surface area contributed by atoms with Gasteiger partial charge in [-0.3, -0.25) is 0 Å². The van der Waals surface area contributed by atoms with Gasteiger partial charge in [0, 0.05) is 12.5 Å². The first-order valence-corrected chi connectivity index (χ1v) is 4.90. The van der Waals surface area contributed by atoms with Crippen molar-refractivity contribution in [3.8, 4) is 5.75 Å². The molecule has 4 heteroatoms. The molecule has 0 atom stereocenters. The number of rotatable bonds is 3. The highest BCUT2D eigenvalue weighted by Crippen LogP contribution is 2.24. The van der Waals surface area contributed by atoms with Crippen LogP contribution in [-0.4, -0.2) is 37.3 Å². The number of hydrogen-bond donors (Lipinski definition) is 1. The molecule has 0 aromatic heterocycles. The Balaban J connectivity index is 2.85. The van der Waals surface area contributed by atoms with Gasteiger partial charge in [0.05, 0.1) is 33.3 Å². The summed E-state index contributed by atoms with van der Waals surface area (Å²) in [5, 5.41) is 18.1. The largest absolute Gasteiger partial charge is 0.508 e. The Labute approximate surface area is 90.0 Å². The van der Waals surface area contributed by atoms with Crippen molar-refractivity contribution in [1.29, 1.82) is 5.39 Å². The topological polar surface area (TPSA) is 48.4 Å². The number of nitrogens with zero attached hydrogens (tertiary/aromatic N) is 3. The van der Waals surface area contributed by atoms with Gasteiger partial charge in [-0.2, -0.15) is 0 Å². The second-order valence-electron chi connectivity index (χ2n) is 4.68. The molecule has 0 saturated carbocycles.